The Kier molecular flexibility index (Phi) is 8.46. The topological polar surface area (TPSA) is 119 Å². The molecule has 0 aliphatic heterocycles. The summed E-state index contributed by atoms with van der Waals surface area (Å²) in [5.74, 6) is 0.230. The van der Waals surface area contributed by atoms with Gasteiger partial charge in [0.1, 0.15) is 24.5 Å². The van der Waals surface area contributed by atoms with E-state index >= 15 is 0 Å². The number of nitrogens with zero attached hydrogens (tertiary/aromatic N) is 5. The smallest absolute Gasteiger partial charge is 0.325 e. The van der Waals surface area contributed by atoms with Crippen LogP contribution >= 0.6 is 34.7 Å². The SMILES string of the molecule is CSc1cnc(OCCOc2ncnc(NS(=O)(=O)N(C)c3cccs3)c2-c2ccc(Cl)cc2)nc1. The fourth-order valence-electron chi connectivity index (χ4n) is 2.95. The second kappa shape index (κ2) is 11.7. The van der Waals surface area contributed by atoms with Gasteiger partial charge in [-0.1, -0.05) is 23.7 Å². The maximum absolute atomic E-state index is 13.1. The minimum absolute atomic E-state index is 0.0580. The molecule has 36 heavy (non-hydrogen) atoms. The Balaban J connectivity index is 1.56. The lowest BCUT2D eigenvalue weighted by Gasteiger charge is -2.20. The van der Waals surface area contributed by atoms with Crippen LogP contribution in [0.3, 0.4) is 0 Å². The summed E-state index contributed by atoms with van der Waals surface area (Å²) in [7, 11) is -2.52. The van der Waals surface area contributed by atoms with Crippen LogP contribution in [0.15, 0.2) is 65.4 Å². The van der Waals surface area contributed by atoms with Crippen LogP contribution in [-0.4, -0.2) is 54.9 Å². The number of rotatable bonds is 11. The molecule has 0 atom stereocenters. The number of thiophene rings is 1. The molecular weight excluding hydrogens is 544 g/mol. The summed E-state index contributed by atoms with van der Waals surface area (Å²) in [6.45, 7) is 0.247. The van der Waals surface area contributed by atoms with Gasteiger partial charge >= 0.3 is 16.2 Å². The lowest BCUT2D eigenvalue weighted by atomic mass is 10.1. The third-order valence-electron chi connectivity index (χ3n) is 4.74. The van der Waals surface area contributed by atoms with E-state index < -0.39 is 10.2 Å². The van der Waals surface area contributed by atoms with Crippen molar-refractivity contribution in [2.45, 2.75) is 4.90 Å². The maximum atomic E-state index is 13.1. The van der Waals surface area contributed by atoms with Crippen LogP contribution in [0.1, 0.15) is 0 Å². The first kappa shape index (κ1) is 25.9. The van der Waals surface area contributed by atoms with E-state index in [0.29, 0.717) is 21.2 Å². The highest BCUT2D eigenvalue weighted by molar-refractivity contribution is 7.98. The third kappa shape index (κ3) is 6.35. The molecule has 0 saturated heterocycles. The van der Waals surface area contributed by atoms with Crippen molar-refractivity contribution in [2.75, 3.05) is 35.5 Å². The molecule has 0 aliphatic carbocycles. The minimum atomic E-state index is -3.98. The van der Waals surface area contributed by atoms with Gasteiger partial charge in [0.2, 0.25) is 5.88 Å². The van der Waals surface area contributed by atoms with Crippen molar-refractivity contribution in [3.63, 3.8) is 0 Å². The van der Waals surface area contributed by atoms with Crippen molar-refractivity contribution >= 4 is 55.7 Å². The van der Waals surface area contributed by atoms with E-state index in [2.05, 4.69) is 24.7 Å². The van der Waals surface area contributed by atoms with Crippen molar-refractivity contribution in [1.29, 1.82) is 0 Å². The molecule has 3 aromatic heterocycles. The van der Waals surface area contributed by atoms with Gasteiger partial charge in [-0.05, 0) is 41.5 Å². The van der Waals surface area contributed by atoms with Crippen LogP contribution < -0.4 is 18.5 Å². The average molecular weight is 565 g/mol. The Hall–Kier alpha value is -3.13. The molecule has 188 valence electrons. The molecule has 4 aromatic rings. The molecule has 0 spiro atoms. The lowest BCUT2D eigenvalue weighted by Crippen LogP contribution is -2.32. The highest BCUT2D eigenvalue weighted by Gasteiger charge is 2.24. The van der Waals surface area contributed by atoms with Gasteiger partial charge in [0.15, 0.2) is 5.82 Å². The first-order chi connectivity index (χ1) is 17.4. The Labute approximate surface area is 221 Å². The molecule has 1 N–H and O–H groups in total. The van der Waals surface area contributed by atoms with Gasteiger partial charge in [-0.2, -0.15) is 8.42 Å². The first-order valence-electron chi connectivity index (χ1n) is 10.4. The number of benzene rings is 1. The molecule has 10 nitrogen and oxygen atoms in total. The van der Waals surface area contributed by atoms with Crippen molar-refractivity contribution in [3.8, 4) is 23.0 Å². The second-order valence-electron chi connectivity index (χ2n) is 7.04. The van der Waals surface area contributed by atoms with E-state index in [0.717, 1.165) is 9.20 Å². The second-order valence-corrected chi connectivity index (χ2v) is 11.0. The molecule has 4 rings (SSSR count). The zero-order chi connectivity index (χ0) is 25.5. The molecule has 0 bridgehead atoms. The van der Waals surface area contributed by atoms with Crippen LogP contribution in [0.4, 0.5) is 10.8 Å². The highest BCUT2D eigenvalue weighted by atomic mass is 35.5. The standard InChI is InChI=1S/C22H21ClN6O4S3/c1-29(18-4-3-11-35-18)36(30,31)28-20-19(15-5-7-16(23)8-6-15)21(27-14-26-20)32-9-10-33-22-24-12-17(34-2)13-25-22/h3-8,11-14H,9-10H2,1-2H3,(H,26,27,28). The van der Waals surface area contributed by atoms with Crippen molar-refractivity contribution < 1.29 is 17.9 Å². The van der Waals surface area contributed by atoms with E-state index in [1.165, 1.54) is 36.5 Å². The number of anilines is 2. The summed E-state index contributed by atoms with van der Waals surface area (Å²) in [5, 5.41) is 2.87. The van der Waals surface area contributed by atoms with E-state index in [-0.39, 0.29) is 30.9 Å². The highest BCUT2D eigenvalue weighted by Crippen LogP contribution is 2.35. The summed E-state index contributed by atoms with van der Waals surface area (Å²) in [5.41, 5.74) is 0.973. The van der Waals surface area contributed by atoms with Crippen LogP contribution in [0.2, 0.25) is 5.02 Å². The Bertz CT molecular complexity index is 1390. The summed E-state index contributed by atoms with van der Waals surface area (Å²) in [6.07, 6.45) is 6.50. The predicted octanol–water partition coefficient (Wildman–Crippen LogP) is 4.62. The molecule has 0 aliphatic rings. The molecule has 0 saturated carbocycles. The van der Waals surface area contributed by atoms with Gasteiger partial charge in [0.05, 0.1) is 5.56 Å². The molecule has 0 unspecified atom stereocenters. The lowest BCUT2D eigenvalue weighted by molar-refractivity contribution is 0.201. The van der Waals surface area contributed by atoms with Gasteiger partial charge < -0.3 is 9.47 Å². The number of hydrogen-bond acceptors (Lipinski definition) is 10. The summed E-state index contributed by atoms with van der Waals surface area (Å²) in [6, 6.07) is 10.5. The van der Waals surface area contributed by atoms with Crippen LogP contribution in [0.25, 0.3) is 11.1 Å². The van der Waals surface area contributed by atoms with Gasteiger partial charge in [0, 0.05) is 29.4 Å². The van der Waals surface area contributed by atoms with E-state index in [1.54, 1.807) is 54.2 Å². The first-order valence-corrected chi connectivity index (χ1v) is 14.3. The van der Waals surface area contributed by atoms with E-state index in [9.17, 15) is 8.42 Å². The third-order valence-corrected chi connectivity index (χ3v) is 8.11. The quantitative estimate of drug-likeness (QED) is 0.205. The van der Waals surface area contributed by atoms with E-state index in [1.807, 2.05) is 6.26 Å². The summed E-state index contributed by atoms with van der Waals surface area (Å²) < 4.78 is 41.2. The molecule has 14 heteroatoms. The maximum Gasteiger partial charge on any atom is 0.325 e. The van der Waals surface area contributed by atoms with Crippen LogP contribution in [-0.2, 0) is 10.2 Å². The van der Waals surface area contributed by atoms with Gasteiger partial charge in [0.25, 0.3) is 0 Å². The number of hydrogen-bond donors (Lipinski definition) is 1. The van der Waals surface area contributed by atoms with Crippen molar-refractivity contribution in [3.05, 3.63) is 65.5 Å². The van der Waals surface area contributed by atoms with Gasteiger partial charge in [-0.15, -0.1) is 23.1 Å². The molecule has 3 heterocycles. The fourth-order valence-corrected chi connectivity index (χ4v) is 5.25. The predicted molar refractivity (Wildman–Crippen MR) is 143 cm³/mol. The number of halogens is 1. The molecule has 0 radical (unpaired) electrons. The van der Waals surface area contributed by atoms with Gasteiger partial charge in [-0.3, -0.25) is 0 Å². The number of aromatic nitrogens is 4. The number of nitrogens with one attached hydrogen (secondary N) is 1. The Morgan fingerprint density at radius 1 is 1.06 bits per heavy atom. The minimum Gasteiger partial charge on any atom is -0.473 e. The van der Waals surface area contributed by atoms with Crippen molar-refractivity contribution in [2.24, 2.45) is 0 Å². The van der Waals surface area contributed by atoms with Crippen LogP contribution in [0.5, 0.6) is 11.9 Å². The van der Waals surface area contributed by atoms with E-state index in [4.69, 9.17) is 21.1 Å². The zero-order valence-electron chi connectivity index (χ0n) is 19.2. The normalized spacial score (nSPS) is 11.2. The molecular formula is C22H21ClN6O4S3. The number of thioether (sulfide) groups is 1. The monoisotopic (exact) mass is 564 g/mol. The fraction of sp³-hybridized carbons (Fsp3) is 0.182. The zero-order valence-corrected chi connectivity index (χ0v) is 22.4. The Morgan fingerprint density at radius 3 is 2.44 bits per heavy atom. The number of ether oxygens (including phenoxy) is 2. The largest absolute Gasteiger partial charge is 0.473 e. The molecule has 0 fully saturated rings. The molecule has 1 aromatic carbocycles. The van der Waals surface area contributed by atoms with Gasteiger partial charge in [-0.25, -0.2) is 29.0 Å². The average Bonchev–Trinajstić information content (AvgIpc) is 3.42. The summed E-state index contributed by atoms with van der Waals surface area (Å²) in [4.78, 5) is 17.6. The van der Waals surface area contributed by atoms with Crippen molar-refractivity contribution in [1.82, 2.24) is 19.9 Å². The summed E-state index contributed by atoms with van der Waals surface area (Å²) >= 11 is 8.88. The van der Waals surface area contributed by atoms with Crippen LogP contribution in [0, 0.1) is 0 Å². The Morgan fingerprint density at radius 2 is 1.78 bits per heavy atom. The molecule has 0 amide bonds.